The van der Waals surface area contributed by atoms with E-state index in [0.29, 0.717) is 25.6 Å². The van der Waals surface area contributed by atoms with E-state index in [0.717, 1.165) is 19.3 Å². The molecule has 1 aromatic heterocycles. The number of amides is 1. The van der Waals surface area contributed by atoms with Gasteiger partial charge in [-0.05, 0) is 30.1 Å². The first-order valence-corrected chi connectivity index (χ1v) is 7.87. The van der Waals surface area contributed by atoms with Gasteiger partial charge in [0.25, 0.3) is 0 Å². The third kappa shape index (κ3) is 3.47. The van der Waals surface area contributed by atoms with Gasteiger partial charge in [0.2, 0.25) is 0 Å². The van der Waals surface area contributed by atoms with Crippen LogP contribution in [-0.2, 0) is 0 Å². The van der Waals surface area contributed by atoms with Gasteiger partial charge in [0.15, 0.2) is 0 Å². The Balaban J connectivity index is 1.72. The van der Waals surface area contributed by atoms with Gasteiger partial charge >= 0.3 is 17.9 Å². The molecule has 0 radical (unpaired) electrons. The summed E-state index contributed by atoms with van der Waals surface area (Å²) in [5.74, 6) is 0.104. The van der Waals surface area contributed by atoms with E-state index in [4.69, 9.17) is 9.84 Å². The maximum Gasteiger partial charge on any atom is 0.414 e. The van der Waals surface area contributed by atoms with Crippen LogP contribution in [-0.4, -0.2) is 63.0 Å². The zero-order valence-corrected chi connectivity index (χ0v) is 13.1. The maximum atomic E-state index is 11.0. The second-order valence-corrected chi connectivity index (χ2v) is 6.01. The lowest BCUT2D eigenvalue weighted by atomic mass is 9.90. The van der Waals surface area contributed by atoms with E-state index in [1.807, 2.05) is 0 Å². The number of hydrogen-bond donors (Lipinski definition) is 1. The van der Waals surface area contributed by atoms with Crippen LogP contribution in [0.4, 0.5) is 10.6 Å². The van der Waals surface area contributed by atoms with Crippen molar-refractivity contribution in [2.24, 2.45) is 10.9 Å². The number of imidazole rings is 1. The zero-order valence-electron chi connectivity index (χ0n) is 13.1. The van der Waals surface area contributed by atoms with Gasteiger partial charge in [0.05, 0.1) is 12.6 Å². The lowest BCUT2D eigenvalue weighted by Gasteiger charge is -2.32. The highest BCUT2D eigenvalue weighted by molar-refractivity contribution is 5.65. The van der Waals surface area contributed by atoms with Crippen molar-refractivity contribution in [1.82, 2.24) is 14.5 Å². The number of aliphatic imine (C=N–C) groups is 1. The second-order valence-electron chi connectivity index (χ2n) is 6.01. The molecule has 1 saturated heterocycles. The number of piperidine rings is 1. The number of likely N-dealkylation sites (tertiary alicyclic amines) is 1. The van der Waals surface area contributed by atoms with Crippen LogP contribution in [0.5, 0.6) is 6.01 Å². The number of rotatable bonds is 3. The van der Waals surface area contributed by atoms with Crippen LogP contribution in [0.25, 0.3) is 0 Å². The Bertz CT molecular complexity index is 650. The number of hydrogen-bond acceptors (Lipinski definition) is 6. The summed E-state index contributed by atoms with van der Waals surface area (Å²) >= 11 is 0. The van der Waals surface area contributed by atoms with Gasteiger partial charge in [-0.15, -0.1) is 0 Å². The van der Waals surface area contributed by atoms with Crippen molar-refractivity contribution in [1.29, 1.82) is 0 Å². The summed E-state index contributed by atoms with van der Waals surface area (Å²) < 4.78 is 7.13. The fraction of sp³-hybridized carbons (Fsp3) is 0.643. The van der Waals surface area contributed by atoms with Crippen LogP contribution in [0, 0.1) is 16.0 Å². The van der Waals surface area contributed by atoms with Crippen molar-refractivity contribution in [2.45, 2.75) is 25.3 Å². The minimum absolute atomic E-state index is 0.0841. The molecule has 0 spiro atoms. The first-order valence-electron chi connectivity index (χ1n) is 7.87. The molecule has 130 valence electrons. The quantitative estimate of drug-likeness (QED) is 0.659. The van der Waals surface area contributed by atoms with Crippen molar-refractivity contribution in [2.75, 3.05) is 26.2 Å². The van der Waals surface area contributed by atoms with E-state index in [9.17, 15) is 14.9 Å². The predicted octanol–water partition coefficient (Wildman–Crippen LogP) is 1.58. The Kier molecular flexibility index (Phi) is 4.63. The lowest BCUT2D eigenvalue weighted by molar-refractivity contribution is -0.389. The maximum absolute atomic E-state index is 11.0. The molecule has 0 bridgehead atoms. The first kappa shape index (κ1) is 16.2. The molecule has 10 heteroatoms. The predicted molar refractivity (Wildman–Crippen MR) is 83.7 cm³/mol. The third-order valence-electron chi connectivity index (χ3n) is 4.49. The average Bonchev–Trinajstić information content (AvgIpc) is 2.95. The van der Waals surface area contributed by atoms with E-state index in [2.05, 4.69) is 9.98 Å². The SMILES string of the molecule is O=C(O)N1CCC(CC2C/N=C\COc3nc([N+](=O)[O-])cn32)CC1. The minimum Gasteiger partial charge on any atom is -0.465 e. The number of carbonyl (C=O) groups is 1. The molecule has 0 aliphatic carbocycles. The summed E-state index contributed by atoms with van der Waals surface area (Å²) in [7, 11) is 0. The van der Waals surface area contributed by atoms with Crippen LogP contribution >= 0.6 is 0 Å². The molecule has 1 N–H and O–H groups in total. The lowest BCUT2D eigenvalue weighted by Crippen LogP contribution is -2.38. The normalized spacial score (nSPS) is 22.8. The number of aromatic nitrogens is 2. The standard InChI is InChI=1S/C14H19N5O5/c20-14(21)17-4-1-10(2-5-17)7-11-8-15-3-6-24-13-16-12(19(22)23)9-18(11)13/h3,9-11H,1-2,4-8H2,(H,20,21)/b15-3-. The molecule has 1 atom stereocenters. The molecular formula is C14H19N5O5. The number of carboxylic acid groups (broad SMARTS) is 1. The van der Waals surface area contributed by atoms with Crippen LogP contribution < -0.4 is 4.74 Å². The Morgan fingerprint density at radius 3 is 2.88 bits per heavy atom. The van der Waals surface area contributed by atoms with Crippen LogP contribution in [0.15, 0.2) is 11.2 Å². The monoisotopic (exact) mass is 337 g/mol. The molecule has 1 unspecified atom stereocenters. The average molecular weight is 337 g/mol. The number of fused-ring (bicyclic) bond motifs is 1. The van der Waals surface area contributed by atoms with Crippen LogP contribution in [0.3, 0.4) is 0 Å². The smallest absolute Gasteiger partial charge is 0.414 e. The molecule has 1 aromatic rings. The highest BCUT2D eigenvalue weighted by Gasteiger charge is 2.30. The summed E-state index contributed by atoms with van der Waals surface area (Å²) in [6.45, 7) is 1.77. The fourth-order valence-corrected chi connectivity index (χ4v) is 3.20. The molecule has 0 saturated carbocycles. The molecular weight excluding hydrogens is 318 g/mol. The van der Waals surface area contributed by atoms with E-state index in [1.54, 1.807) is 10.8 Å². The topological polar surface area (TPSA) is 123 Å². The van der Waals surface area contributed by atoms with Gasteiger partial charge < -0.3 is 24.9 Å². The van der Waals surface area contributed by atoms with Crippen molar-refractivity contribution in [3.05, 3.63) is 16.3 Å². The van der Waals surface area contributed by atoms with Crippen molar-refractivity contribution >= 4 is 18.1 Å². The van der Waals surface area contributed by atoms with Gasteiger partial charge in [0, 0.05) is 24.3 Å². The molecule has 3 rings (SSSR count). The highest BCUT2D eigenvalue weighted by atomic mass is 16.6. The van der Waals surface area contributed by atoms with Crippen LogP contribution in [0.2, 0.25) is 0 Å². The molecule has 1 amide bonds. The summed E-state index contributed by atoms with van der Waals surface area (Å²) in [4.78, 5) is 31.1. The Labute approximate surface area is 137 Å². The minimum atomic E-state index is -0.884. The Morgan fingerprint density at radius 1 is 1.46 bits per heavy atom. The third-order valence-corrected chi connectivity index (χ3v) is 4.49. The van der Waals surface area contributed by atoms with Crippen molar-refractivity contribution < 1.29 is 19.6 Å². The van der Waals surface area contributed by atoms with Gasteiger partial charge in [-0.2, -0.15) is 0 Å². The summed E-state index contributed by atoms with van der Waals surface area (Å²) in [6.07, 6.45) is 4.47. The molecule has 10 nitrogen and oxygen atoms in total. The van der Waals surface area contributed by atoms with Crippen molar-refractivity contribution in [3.63, 3.8) is 0 Å². The molecule has 1 fully saturated rings. The molecule has 0 aromatic carbocycles. The van der Waals surface area contributed by atoms with E-state index in [-0.39, 0.29) is 24.5 Å². The molecule has 2 aliphatic heterocycles. The largest absolute Gasteiger partial charge is 0.465 e. The summed E-state index contributed by atoms with van der Waals surface area (Å²) in [6, 6.07) is 0.153. The number of nitro groups is 1. The zero-order chi connectivity index (χ0) is 17.1. The van der Waals surface area contributed by atoms with Gasteiger partial charge in [-0.3, -0.25) is 9.56 Å². The number of nitrogens with zero attached hydrogens (tertiary/aromatic N) is 5. The second kappa shape index (κ2) is 6.85. The summed E-state index contributed by atoms with van der Waals surface area (Å²) in [5.41, 5.74) is 0. The van der Waals surface area contributed by atoms with Crippen molar-refractivity contribution in [3.8, 4) is 6.01 Å². The number of ether oxygens (including phenoxy) is 1. The fourth-order valence-electron chi connectivity index (χ4n) is 3.20. The van der Waals surface area contributed by atoms with E-state index in [1.165, 1.54) is 11.1 Å². The van der Waals surface area contributed by atoms with Crippen LogP contribution in [0.1, 0.15) is 25.3 Å². The van der Waals surface area contributed by atoms with E-state index >= 15 is 0 Å². The molecule has 24 heavy (non-hydrogen) atoms. The highest BCUT2D eigenvalue weighted by Crippen LogP contribution is 2.31. The Hall–Kier alpha value is -2.65. The van der Waals surface area contributed by atoms with Gasteiger partial charge in [0.1, 0.15) is 12.8 Å². The van der Waals surface area contributed by atoms with Gasteiger partial charge in [-0.1, -0.05) is 0 Å². The summed E-state index contributed by atoms with van der Waals surface area (Å²) in [5, 5.41) is 20.0. The molecule has 3 heterocycles. The first-order chi connectivity index (χ1) is 11.5. The Morgan fingerprint density at radius 2 is 2.21 bits per heavy atom. The molecule has 2 aliphatic rings. The van der Waals surface area contributed by atoms with E-state index < -0.39 is 11.0 Å². The van der Waals surface area contributed by atoms with Gasteiger partial charge in [-0.25, -0.2) is 4.79 Å².